The number of hydrogen-bond donors (Lipinski definition) is 0. The van der Waals surface area contributed by atoms with Crippen LogP contribution in [0.2, 0.25) is 0 Å². The van der Waals surface area contributed by atoms with Crippen molar-refractivity contribution in [2.75, 3.05) is 20.6 Å². The third kappa shape index (κ3) is 3.43. The molecular weight excluding hydrogens is 326 g/mol. The zero-order chi connectivity index (χ0) is 19.2. The molecule has 4 fully saturated rings. The molecule has 0 aliphatic heterocycles. The monoisotopic (exact) mass is 373 g/mol. The molecule has 8 atom stereocenters. The Labute approximate surface area is 170 Å². The molecule has 0 spiro atoms. The molecule has 0 unspecified atom stereocenters. The fourth-order valence-electron chi connectivity index (χ4n) is 9.20. The Balaban J connectivity index is 1.46. The summed E-state index contributed by atoms with van der Waals surface area (Å²) in [6, 6.07) is 0. The Bertz CT molecular complexity index is 512. The van der Waals surface area contributed by atoms with Crippen LogP contribution in [0.25, 0.3) is 0 Å². The lowest BCUT2D eigenvalue weighted by atomic mass is 9.44. The molecule has 0 aromatic heterocycles. The lowest BCUT2D eigenvalue weighted by Gasteiger charge is -2.61. The SMILES string of the molecule is C[C@H](CCCN(C)C)[C@H]1CC[C@H]2[C@@H]3CC[C@@H]4CCCC[C@]4(C)[C@H]3CC[C@]12C. The molecule has 0 bridgehead atoms. The van der Waals surface area contributed by atoms with E-state index >= 15 is 0 Å². The van der Waals surface area contributed by atoms with Gasteiger partial charge in [0.1, 0.15) is 0 Å². The average Bonchev–Trinajstić information content (AvgIpc) is 2.98. The van der Waals surface area contributed by atoms with Crippen molar-refractivity contribution in [2.45, 2.75) is 97.8 Å². The topological polar surface area (TPSA) is 3.24 Å². The lowest BCUT2D eigenvalue weighted by Crippen LogP contribution is -2.53. The van der Waals surface area contributed by atoms with Crippen molar-refractivity contribution >= 4 is 0 Å². The molecule has 27 heavy (non-hydrogen) atoms. The smallest absolute Gasteiger partial charge is 0.00247 e. The molecule has 156 valence electrons. The minimum atomic E-state index is 0.663. The fourth-order valence-corrected chi connectivity index (χ4v) is 9.20. The van der Waals surface area contributed by atoms with Crippen LogP contribution in [0.1, 0.15) is 97.8 Å². The summed E-state index contributed by atoms with van der Waals surface area (Å²) >= 11 is 0. The van der Waals surface area contributed by atoms with E-state index in [1.807, 2.05) is 0 Å². The molecule has 0 aromatic carbocycles. The molecule has 1 nitrogen and oxygen atoms in total. The maximum Gasteiger partial charge on any atom is -0.00247 e. The number of fused-ring (bicyclic) bond motifs is 5. The minimum absolute atomic E-state index is 0.663. The maximum atomic E-state index is 2.74. The Morgan fingerprint density at radius 1 is 0.852 bits per heavy atom. The molecule has 4 rings (SSSR count). The normalized spacial score (nSPS) is 48.0. The first-order valence-corrected chi connectivity index (χ1v) is 12.5. The van der Waals surface area contributed by atoms with E-state index in [0.717, 1.165) is 35.5 Å². The van der Waals surface area contributed by atoms with E-state index in [1.165, 1.54) is 38.6 Å². The second kappa shape index (κ2) is 7.66. The third-order valence-corrected chi connectivity index (χ3v) is 10.6. The van der Waals surface area contributed by atoms with Crippen molar-refractivity contribution in [1.82, 2.24) is 4.90 Å². The molecule has 0 saturated heterocycles. The first-order valence-electron chi connectivity index (χ1n) is 12.5. The Kier molecular flexibility index (Phi) is 5.74. The van der Waals surface area contributed by atoms with Crippen LogP contribution in [0.5, 0.6) is 0 Å². The number of hydrogen-bond acceptors (Lipinski definition) is 1. The van der Waals surface area contributed by atoms with Crippen LogP contribution in [0, 0.1) is 46.3 Å². The van der Waals surface area contributed by atoms with Crippen LogP contribution >= 0.6 is 0 Å². The predicted octanol–water partition coefficient (Wildman–Crippen LogP) is 7.01. The molecule has 4 saturated carbocycles. The van der Waals surface area contributed by atoms with Crippen LogP contribution in [-0.4, -0.2) is 25.5 Å². The van der Waals surface area contributed by atoms with Gasteiger partial charge in [0.25, 0.3) is 0 Å². The Hall–Kier alpha value is -0.0400. The van der Waals surface area contributed by atoms with Gasteiger partial charge in [-0.3, -0.25) is 0 Å². The van der Waals surface area contributed by atoms with Crippen molar-refractivity contribution in [1.29, 1.82) is 0 Å². The first-order chi connectivity index (χ1) is 12.9. The molecule has 0 aromatic rings. The van der Waals surface area contributed by atoms with Gasteiger partial charge < -0.3 is 4.90 Å². The second-order valence-electron chi connectivity index (χ2n) is 12.1. The van der Waals surface area contributed by atoms with Gasteiger partial charge in [0, 0.05) is 0 Å². The lowest BCUT2D eigenvalue weighted by molar-refractivity contribution is -0.114. The molecule has 0 amide bonds. The number of nitrogens with zero attached hydrogens (tertiary/aromatic N) is 1. The fraction of sp³-hybridized carbons (Fsp3) is 1.00. The quantitative estimate of drug-likeness (QED) is 0.501. The van der Waals surface area contributed by atoms with E-state index in [4.69, 9.17) is 0 Å². The second-order valence-corrected chi connectivity index (χ2v) is 12.1. The van der Waals surface area contributed by atoms with Gasteiger partial charge in [0.05, 0.1) is 0 Å². The van der Waals surface area contributed by atoms with Gasteiger partial charge >= 0.3 is 0 Å². The van der Waals surface area contributed by atoms with E-state index in [0.29, 0.717) is 10.8 Å². The highest BCUT2D eigenvalue weighted by atomic mass is 15.0. The summed E-state index contributed by atoms with van der Waals surface area (Å²) in [6.45, 7) is 9.33. The van der Waals surface area contributed by atoms with Crippen LogP contribution < -0.4 is 0 Å². The largest absolute Gasteiger partial charge is 0.309 e. The summed E-state index contributed by atoms with van der Waals surface area (Å²) in [7, 11) is 4.45. The summed E-state index contributed by atoms with van der Waals surface area (Å²) in [5.41, 5.74) is 1.37. The third-order valence-electron chi connectivity index (χ3n) is 10.6. The highest BCUT2D eigenvalue weighted by Gasteiger charge is 2.59. The summed E-state index contributed by atoms with van der Waals surface area (Å²) in [4.78, 5) is 2.36. The van der Waals surface area contributed by atoms with Crippen molar-refractivity contribution in [3.8, 4) is 0 Å². The van der Waals surface area contributed by atoms with Gasteiger partial charge in [-0.25, -0.2) is 0 Å². The molecule has 0 N–H and O–H groups in total. The highest BCUT2D eigenvalue weighted by Crippen LogP contribution is 2.68. The molecule has 0 radical (unpaired) electrons. The van der Waals surface area contributed by atoms with Crippen molar-refractivity contribution in [2.24, 2.45) is 46.3 Å². The molecule has 1 heteroatoms. The highest BCUT2D eigenvalue weighted by molar-refractivity contribution is 5.09. The first kappa shape index (κ1) is 20.2. The summed E-state index contributed by atoms with van der Waals surface area (Å²) in [6.07, 6.45) is 18.3. The van der Waals surface area contributed by atoms with E-state index in [2.05, 4.69) is 39.8 Å². The summed E-state index contributed by atoms with van der Waals surface area (Å²) < 4.78 is 0. The Morgan fingerprint density at radius 3 is 2.41 bits per heavy atom. The molecule has 4 aliphatic carbocycles. The van der Waals surface area contributed by atoms with Gasteiger partial charge in [-0.15, -0.1) is 0 Å². The molecule has 0 heterocycles. The molecule has 4 aliphatic rings. The van der Waals surface area contributed by atoms with Gasteiger partial charge in [0.2, 0.25) is 0 Å². The van der Waals surface area contributed by atoms with Crippen LogP contribution in [0.4, 0.5) is 0 Å². The average molecular weight is 374 g/mol. The van der Waals surface area contributed by atoms with Gasteiger partial charge in [-0.1, -0.05) is 33.6 Å². The van der Waals surface area contributed by atoms with Crippen molar-refractivity contribution in [3.63, 3.8) is 0 Å². The minimum Gasteiger partial charge on any atom is -0.309 e. The van der Waals surface area contributed by atoms with Gasteiger partial charge in [0.15, 0.2) is 0 Å². The van der Waals surface area contributed by atoms with Crippen LogP contribution in [-0.2, 0) is 0 Å². The van der Waals surface area contributed by atoms with Gasteiger partial charge in [-0.05, 0) is 131 Å². The maximum absolute atomic E-state index is 2.74. The standard InChI is InChI=1S/C26H47N/c1-19(9-8-18-27(4)5)22-13-14-23-21-12-11-20-10-6-7-16-25(20,2)24(21)15-17-26(22,23)3/h19-24H,6-18H2,1-5H3/t19-,20+,21+,22-,23+,24+,25+,26-/m1/s1. The van der Waals surface area contributed by atoms with Crippen LogP contribution in [0.3, 0.4) is 0 Å². The van der Waals surface area contributed by atoms with Crippen molar-refractivity contribution < 1.29 is 0 Å². The Morgan fingerprint density at radius 2 is 1.63 bits per heavy atom. The van der Waals surface area contributed by atoms with Crippen LogP contribution in [0.15, 0.2) is 0 Å². The van der Waals surface area contributed by atoms with E-state index < -0.39 is 0 Å². The van der Waals surface area contributed by atoms with E-state index in [-0.39, 0.29) is 0 Å². The van der Waals surface area contributed by atoms with Gasteiger partial charge in [-0.2, -0.15) is 0 Å². The van der Waals surface area contributed by atoms with E-state index in [9.17, 15) is 0 Å². The summed E-state index contributed by atoms with van der Waals surface area (Å²) in [5, 5.41) is 0. The van der Waals surface area contributed by atoms with Crippen molar-refractivity contribution in [3.05, 3.63) is 0 Å². The van der Waals surface area contributed by atoms with E-state index in [1.54, 1.807) is 44.9 Å². The number of rotatable bonds is 5. The molecular formula is C26H47N. The predicted molar refractivity (Wildman–Crippen MR) is 117 cm³/mol. The summed E-state index contributed by atoms with van der Waals surface area (Å²) in [5.74, 6) is 6.19. The zero-order valence-electron chi connectivity index (χ0n) is 19.1. The zero-order valence-corrected chi connectivity index (χ0v) is 19.1.